The van der Waals surface area contributed by atoms with E-state index in [2.05, 4.69) is 296 Å². The summed E-state index contributed by atoms with van der Waals surface area (Å²) in [4.78, 5) is 7.96. The quantitative estimate of drug-likeness (QED) is 0.0653. The first-order chi connectivity index (χ1) is 33.1. The molecule has 0 nitrogen and oxygen atoms in total. The van der Waals surface area contributed by atoms with E-state index in [0.29, 0.717) is 0 Å². The number of allylic oxidation sites excluding steroid dienone is 6. The average molecular weight is 1600 g/mol. The summed E-state index contributed by atoms with van der Waals surface area (Å²) in [5, 5.41) is 0. The molecule has 0 atom stereocenters. The van der Waals surface area contributed by atoms with E-state index in [1.165, 1.54) is 62.8 Å². The van der Waals surface area contributed by atoms with Crippen molar-refractivity contribution in [1.29, 1.82) is 0 Å². The third-order valence-corrected chi connectivity index (χ3v) is 71.8. The van der Waals surface area contributed by atoms with E-state index in [1.807, 2.05) is 0 Å². The first kappa shape index (κ1) is 54.5. The zero-order chi connectivity index (χ0) is 49.2. The van der Waals surface area contributed by atoms with E-state index >= 15 is 0 Å². The van der Waals surface area contributed by atoms with Gasteiger partial charge in [-0.15, -0.1) is 0 Å². The van der Waals surface area contributed by atoms with Crippen LogP contribution >= 0.6 is 51.1 Å². The van der Waals surface area contributed by atoms with Crippen LogP contribution in [0.5, 0.6) is 0 Å². The van der Waals surface area contributed by atoms with Crippen LogP contribution in [0.4, 0.5) is 0 Å². The molecule has 0 aliphatic rings. The molecule has 7 aromatic rings. The molecule has 69 heavy (non-hydrogen) atoms. The molecule has 0 aromatic heterocycles. The SMILES string of the molecule is C=C(C)c1ccc([S][Bi]([S]c2ccc(C(=C)C)cc2)[c]2c[c]([Bi]([S]c3ccc(C(=C)C)cc3)[S]c3ccc(C(=C)C)cc3)c[c]([Bi]([S]c3ccc(C(=C)C)cc3)[S]c3ccc(C(=C)C)cc3)c2)cc1. The molecule has 0 aliphatic heterocycles. The minimum absolute atomic E-state index is 1.09. The summed E-state index contributed by atoms with van der Waals surface area (Å²) in [5.41, 5.74) is 13.7. The van der Waals surface area contributed by atoms with E-state index in [-0.39, 0.29) is 0 Å². The molecule has 0 saturated heterocycles. The van der Waals surface area contributed by atoms with Gasteiger partial charge >= 0.3 is 458 Å². The van der Waals surface area contributed by atoms with Gasteiger partial charge in [-0.05, 0) is 0 Å². The van der Waals surface area contributed by atoms with Gasteiger partial charge in [0.25, 0.3) is 0 Å². The molecule has 7 rings (SSSR count). The van der Waals surface area contributed by atoms with Gasteiger partial charge in [0.15, 0.2) is 0 Å². The van der Waals surface area contributed by atoms with Crippen molar-refractivity contribution in [2.45, 2.75) is 70.9 Å². The molecule has 9 heteroatoms. The van der Waals surface area contributed by atoms with Crippen LogP contribution in [0.25, 0.3) is 33.4 Å². The number of hydrogen-bond acceptors (Lipinski definition) is 6. The van der Waals surface area contributed by atoms with Crippen LogP contribution in [0.3, 0.4) is 0 Å². The summed E-state index contributed by atoms with van der Waals surface area (Å²) in [7, 11) is 12.9. The van der Waals surface area contributed by atoms with Gasteiger partial charge in [-0.25, -0.2) is 0 Å². The molecule has 0 unspecified atom stereocenters. The molecule has 0 aliphatic carbocycles. The predicted octanol–water partition coefficient (Wildman–Crippen LogP) is 17.7. The van der Waals surface area contributed by atoms with Crippen molar-refractivity contribution in [3.05, 3.63) is 237 Å². The second kappa shape index (κ2) is 26.1. The first-order valence-corrected chi connectivity index (χ1v) is 57.7. The molecule has 0 radical (unpaired) electrons. The van der Waals surface area contributed by atoms with E-state index in [0.717, 1.165) is 33.4 Å². The minimum atomic E-state index is -2.82. The topological polar surface area (TPSA) is 0 Å². The fourth-order valence-corrected chi connectivity index (χ4v) is 73.5. The van der Waals surface area contributed by atoms with Crippen molar-refractivity contribution in [2.24, 2.45) is 0 Å². The molecule has 0 bridgehead atoms. The zero-order valence-corrected chi connectivity index (χ0v) is 55.5. The Balaban J connectivity index is 1.43. The van der Waals surface area contributed by atoms with Crippen LogP contribution < -0.4 is 9.81 Å². The Morgan fingerprint density at radius 1 is 0.246 bits per heavy atom. The molecule has 0 spiro atoms. The number of rotatable bonds is 21. The maximum absolute atomic E-state index is 4.24. The Labute approximate surface area is 452 Å². The van der Waals surface area contributed by atoms with Crippen molar-refractivity contribution < 1.29 is 0 Å². The first-order valence-electron chi connectivity index (χ1n) is 22.3. The molecular weight excluding hydrogens is 1540 g/mol. The van der Waals surface area contributed by atoms with Gasteiger partial charge < -0.3 is 0 Å². The Kier molecular flexibility index (Phi) is 20.6. The normalized spacial score (nSPS) is 11.3. The van der Waals surface area contributed by atoms with Crippen LogP contribution in [0.15, 0.2) is 233 Å². The van der Waals surface area contributed by atoms with Crippen LogP contribution in [0.2, 0.25) is 0 Å². The van der Waals surface area contributed by atoms with Crippen LogP contribution in [-0.4, -0.2) is 56.5 Å². The van der Waals surface area contributed by atoms with Gasteiger partial charge in [-0.1, -0.05) is 0 Å². The molecule has 0 amide bonds. The summed E-state index contributed by atoms with van der Waals surface area (Å²) in [6.45, 7) is 38.0. The second-order valence-electron chi connectivity index (χ2n) is 16.9. The molecule has 0 fully saturated rings. The fourth-order valence-electron chi connectivity index (χ4n) is 6.64. The zero-order valence-electron chi connectivity index (χ0n) is 40.1. The summed E-state index contributed by atoms with van der Waals surface area (Å²) < 4.78 is 4.69. The molecule has 348 valence electrons. The van der Waals surface area contributed by atoms with Crippen LogP contribution in [-0.2, 0) is 0 Å². The van der Waals surface area contributed by atoms with Crippen molar-refractivity contribution in [2.75, 3.05) is 0 Å². The van der Waals surface area contributed by atoms with E-state index in [1.54, 1.807) is 9.81 Å². The van der Waals surface area contributed by atoms with Gasteiger partial charge in [0.1, 0.15) is 0 Å². The Bertz CT molecular complexity index is 2460. The second-order valence-corrected chi connectivity index (χ2v) is 70.9. The Morgan fingerprint density at radius 3 is 0.493 bits per heavy atom. The predicted molar refractivity (Wildman–Crippen MR) is 325 cm³/mol. The monoisotopic (exact) mass is 1600 g/mol. The molecule has 0 N–H and O–H groups in total. The summed E-state index contributed by atoms with van der Waals surface area (Å²) in [6.07, 6.45) is 0. The Hall–Kier alpha value is -2.27. The summed E-state index contributed by atoms with van der Waals surface area (Å²) >= 11 is -8.46. The standard InChI is InChI=1S/6C9H10S.C6H3.3Bi/c6*1-7(2)8-3-5-9(10)6-4-8;1-2-4-6-5-3-1;;;/h6*3-6,10H,1H2,2H3;1,4-5H;;;/q;;;;;;;3*+2/p-6. The van der Waals surface area contributed by atoms with Crippen molar-refractivity contribution >= 4 is 151 Å². The molecule has 7 aromatic carbocycles. The number of hydrogen-bond donors (Lipinski definition) is 0. The summed E-state index contributed by atoms with van der Waals surface area (Å²) in [6, 6.07) is 62.9. The van der Waals surface area contributed by atoms with Gasteiger partial charge in [0, 0.05) is 0 Å². The van der Waals surface area contributed by atoms with Crippen LogP contribution in [0.1, 0.15) is 74.9 Å². The summed E-state index contributed by atoms with van der Waals surface area (Å²) in [5.74, 6) is 0. The fraction of sp³-hybridized carbons (Fsp3) is 0.100. The maximum atomic E-state index is 4.24. The number of benzene rings is 7. The van der Waals surface area contributed by atoms with Crippen molar-refractivity contribution in [1.82, 2.24) is 0 Å². The Morgan fingerprint density at radius 2 is 0.377 bits per heavy atom. The molecule has 0 saturated carbocycles. The van der Waals surface area contributed by atoms with Crippen molar-refractivity contribution in [3.8, 4) is 0 Å². The van der Waals surface area contributed by atoms with E-state index < -0.39 is 56.5 Å². The van der Waals surface area contributed by atoms with Gasteiger partial charge in [0.2, 0.25) is 0 Å². The van der Waals surface area contributed by atoms with Gasteiger partial charge in [-0.3, -0.25) is 0 Å². The molecular formula is C60H57Bi3S6. The van der Waals surface area contributed by atoms with Gasteiger partial charge in [-0.2, -0.15) is 0 Å². The average Bonchev–Trinajstić information content (AvgIpc) is 3.34. The van der Waals surface area contributed by atoms with Crippen LogP contribution in [0, 0.1) is 0 Å². The third-order valence-electron chi connectivity index (χ3n) is 10.7. The van der Waals surface area contributed by atoms with Gasteiger partial charge in [0.05, 0.1) is 0 Å². The van der Waals surface area contributed by atoms with E-state index in [4.69, 9.17) is 0 Å². The van der Waals surface area contributed by atoms with Crippen molar-refractivity contribution in [3.63, 3.8) is 0 Å². The third kappa shape index (κ3) is 15.9. The molecule has 0 heterocycles. The van der Waals surface area contributed by atoms with E-state index in [9.17, 15) is 0 Å².